The molecule has 1 saturated carbocycles. The molecule has 0 saturated heterocycles. The van der Waals surface area contributed by atoms with Gasteiger partial charge in [0.2, 0.25) is 0 Å². The van der Waals surface area contributed by atoms with Crippen molar-refractivity contribution in [2.75, 3.05) is 6.61 Å². The van der Waals surface area contributed by atoms with E-state index < -0.39 is 12.6 Å². The standard InChI is InChI=1S/C17H23N3O3S/c1-12-6-2-4-8-14(12)19-17(24)20-18-10-13-7-3-5-9-15(13)23-11-16(21)22/h3,5,7,9-10,12,14H,2,4,6,8,11H2,1H3,(H,21,22)(H2,19,20,24)/b18-10-/t12-,14+/m1/s1. The zero-order valence-electron chi connectivity index (χ0n) is 13.7. The Bertz CT molecular complexity index is 606. The average molecular weight is 349 g/mol. The molecule has 0 aliphatic heterocycles. The van der Waals surface area contributed by atoms with Crippen LogP contribution in [0, 0.1) is 5.92 Å². The van der Waals surface area contributed by atoms with Gasteiger partial charge in [-0.2, -0.15) is 5.10 Å². The van der Waals surface area contributed by atoms with Crippen LogP contribution in [-0.2, 0) is 4.79 Å². The van der Waals surface area contributed by atoms with Crippen LogP contribution in [0.5, 0.6) is 5.75 Å². The van der Waals surface area contributed by atoms with Crippen LogP contribution in [0.2, 0.25) is 0 Å². The fourth-order valence-corrected chi connectivity index (χ4v) is 2.95. The molecule has 0 aromatic heterocycles. The van der Waals surface area contributed by atoms with E-state index in [2.05, 4.69) is 22.8 Å². The number of hydrogen-bond acceptors (Lipinski definition) is 4. The third-order valence-corrected chi connectivity index (χ3v) is 4.28. The van der Waals surface area contributed by atoms with Gasteiger partial charge < -0.3 is 15.2 Å². The van der Waals surface area contributed by atoms with Crippen molar-refractivity contribution in [3.05, 3.63) is 29.8 Å². The summed E-state index contributed by atoms with van der Waals surface area (Å²) >= 11 is 5.28. The zero-order valence-corrected chi connectivity index (χ0v) is 14.5. The van der Waals surface area contributed by atoms with Crippen LogP contribution in [0.25, 0.3) is 0 Å². The molecule has 1 aromatic rings. The first-order valence-electron chi connectivity index (χ1n) is 8.09. The maximum Gasteiger partial charge on any atom is 0.341 e. The minimum absolute atomic E-state index is 0.389. The molecule has 0 heterocycles. The second-order valence-corrected chi connectivity index (χ2v) is 6.34. The summed E-state index contributed by atoms with van der Waals surface area (Å²) in [6, 6.07) is 7.49. The number of carboxylic acid groups (broad SMARTS) is 1. The van der Waals surface area contributed by atoms with Gasteiger partial charge in [-0.15, -0.1) is 0 Å². The largest absolute Gasteiger partial charge is 0.481 e. The molecule has 0 amide bonds. The number of para-hydroxylation sites is 1. The second-order valence-electron chi connectivity index (χ2n) is 5.93. The summed E-state index contributed by atoms with van der Waals surface area (Å²) in [5, 5.41) is 16.6. The van der Waals surface area contributed by atoms with Crippen molar-refractivity contribution in [1.29, 1.82) is 0 Å². The van der Waals surface area contributed by atoms with Gasteiger partial charge in [0.25, 0.3) is 0 Å². The Morgan fingerprint density at radius 3 is 2.92 bits per heavy atom. The Morgan fingerprint density at radius 1 is 1.42 bits per heavy atom. The monoisotopic (exact) mass is 349 g/mol. The first-order chi connectivity index (χ1) is 11.6. The van der Waals surface area contributed by atoms with Crippen LogP contribution in [0.3, 0.4) is 0 Å². The van der Waals surface area contributed by atoms with Crippen LogP contribution >= 0.6 is 12.2 Å². The van der Waals surface area contributed by atoms with Gasteiger partial charge in [0.15, 0.2) is 11.7 Å². The summed E-state index contributed by atoms with van der Waals surface area (Å²) in [5.41, 5.74) is 3.49. The van der Waals surface area contributed by atoms with Crippen molar-refractivity contribution in [1.82, 2.24) is 10.7 Å². The summed E-state index contributed by atoms with van der Waals surface area (Å²) in [6.45, 7) is 1.84. The Kier molecular flexibility index (Phi) is 6.99. The van der Waals surface area contributed by atoms with Crippen LogP contribution in [0.15, 0.2) is 29.4 Å². The number of carbonyl (C=O) groups is 1. The number of ether oxygens (including phenoxy) is 1. The Hall–Kier alpha value is -2.15. The van der Waals surface area contributed by atoms with E-state index in [4.69, 9.17) is 22.1 Å². The lowest BCUT2D eigenvalue weighted by molar-refractivity contribution is -0.139. The van der Waals surface area contributed by atoms with Crippen LogP contribution in [0.4, 0.5) is 0 Å². The highest BCUT2D eigenvalue weighted by Crippen LogP contribution is 2.23. The molecule has 2 rings (SSSR count). The van der Waals surface area contributed by atoms with Gasteiger partial charge in [-0.25, -0.2) is 4.79 Å². The minimum atomic E-state index is -1.02. The second kappa shape index (κ2) is 9.22. The fraction of sp³-hybridized carbons (Fsp3) is 0.471. The Labute approximate surface area is 147 Å². The van der Waals surface area contributed by atoms with Gasteiger partial charge in [-0.05, 0) is 43.1 Å². The van der Waals surface area contributed by atoms with Crippen LogP contribution < -0.4 is 15.5 Å². The zero-order chi connectivity index (χ0) is 17.4. The highest BCUT2D eigenvalue weighted by molar-refractivity contribution is 7.80. The lowest BCUT2D eigenvalue weighted by Crippen LogP contribution is -2.44. The summed E-state index contributed by atoms with van der Waals surface area (Å²) in [5.74, 6) is 0.0460. The maximum absolute atomic E-state index is 10.6. The first kappa shape index (κ1) is 18.2. The number of hydrazone groups is 1. The third-order valence-electron chi connectivity index (χ3n) is 4.07. The normalized spacial score (nSPS) is 20.5. The molecule has 1 aliphatic carbocycles. The van der Waals surface area contributed by atoms with Crippen molar-refractivity contribution >= 4 is 29.5 Å². The van der Waals surface area contributed by atoms with Gasteiger partial charge in [-0.1, -0.05) is 31.9 Å². The molecule has 1 fully saturated rings. The number of nitrogens with one attached hydrogen (secondary N) is 2. The molecule has 2 atom stereocenters. The lowest BCUT2D eigenvalue weighted by Gasteiger charge is -2.30. The first-order valence-corrected chi connectivity index (χ1v) is 8.50. The van der Waals surface area contributed by atoms with Gasteiger partial charge in [0, 0.05) is 11.6 Å². The van der Waals surface area contributed by atoms with E-state index in [0.717, 1.165) is 6.42 Å². The van der Waals surface area contributed by atoms with Gasteiger partial charge in [0.1, 0.15) is 5.75 Å². The van der Waals surface area contributed by atoms with E-state index in [0.29, 0.717) is 28.4 Å². The Balaban J connectivity index is 1.86. The van der Waals surface area contributed by atoms with E-state index in [-0.39, 0.29) is 0 Å². The number of rotatable bonds is 6. The van der Waals surface area contributed by atoms with Crippen molar-refractivity contribution in [2.45, 2.75) is 38.6 Å². The van der Waals surface area contributed by atoms with Gasteiger partial charge in [0.05, 0.1) is 6.21 Å². The molecular weight excluding hydrogens is 326 g/mol. The lowest BCUT2D eigenvalue weighted by atomic mass is 9.86. The maximum atomic E-state index is 10.6. The Morgan fingerprint density at radius 2 is 2.17 bits per heavy atom. The molecule has 6 nitrogen and oxygen atoms in total. The summed E-state index contributed by atoms with van der Waals surface area (Å²) < 4.78 is 5.22. The smallest absolute Gasteiger partial charge is 0.341 e. The molecular formula is C17H23N3O3S. The van der Waals surface area contributed by atoms with E-state index in [9.17, 15) is 4.79 Å². The van der Waals surface area contributed by atoms with Gasteiger partial charge in [-0.3, -0.25) is 5.43 Å². The minimum Gasteiger partial charge on any atom is -0.481 e. The number of hydrogen-bond donors (Lipinski definition) is 3. The van der Waals surface area contributed by atoms with Gasteiger partial charge >= 0.3 is 5.97 Å². The highest BCUT2D eigenvalue weighted by atomic mass is 32.1. The van der Waals surface area contributed by atoms with Crippen molar-refractivity contribution in [2.24, 2.45) is 11.0 Å². The molecule has 7 heteroatoms. The molecule has 3 N–H and O–H groups in total. The molecule has 0 unspecified atom stereocenters. The molecule has 0 bridgehead atoms. The molecule has 0 spiro atoms. The van der Waals surface area contributed by atoms with E-state index in [1.165, 1.54) is 19.3 Å². The van der Waals surface area contributed by atoms with Crippen LogP contribution in [0.1, 0.15) is 38.2 Å². The average Bonchev–Trinajstić information content (AvgIpc) is 2.56. The number of benzene rings is 1. The quantitative estimate of drug-likeness (QED) is 0.416. The highest BCUT2D eigenvalue weighted by Gasteiger charge is 2.21. The number of carboxylic acids is 1. The van der Waals surface area contributed by atoms with E-state index in [1.807, 2.05) is 6.07 Å². The summed E-state index contributed by atoms with van der Waals surface area (Å²) in [6.07, 6.45) is 6.42. The topological polar surface area (TPSA) is 83.0 Å². The molecule has 1 aliphatic rings. The predicted molar refractivity (Wildman–Crippen MR) is 97.5 cm³/mol. The third kappa shape index (κ3) is 5.81. The fourth-order valence-electron chi connectivity index (χ4n) is 2.75. The summed E-state index contributed by atoms with van der Waals surface area (Å²) in [4.78, 5) is 10.6. The van der Waals surface area contributed by atoms with E-state index >= 15 is 0 Å². The predicted octanol–water partition coefficient (Wildman–Crippen LogP) is 2.53. The molecule has 24 heavy (non-hydrogen) atoms. The molecule has 0 radical (unpaired) electrons. The number of aliphatic carboxylic acids is 1. The van der Waals surface area contributed by atoms with Crippen molar-refractivity contribution in [3.63, 3.8) is 0 Å². The molecule has 130 valence electrons. The van der Waals surface area contributed by atoms with Crippen molar-refractivity contribution in [3.8, 4) is 5.75 Å². The number of thiocarbonyl (C=S) groups is 1. The number of nitrogens with zero attached hydrogens (tertiary/aromatic N) is 1. The summed E-state index contributed by atoms with van der Waals surface area (Å²) in [7, 11) is 0. The van der Waals surface area contributed by atoms with E-state index in [1.54, 1.807) is 24.4 Å². The SMILES string of the molecule is C[C@@H]1CCCC[C@@H]1NC(=S)N/N=C\c1ccccc1OCC(=O)O. The molecule has 1 aromatic carbocycles. The van der Waals surface area contributed by atoms with Crippen molar-refractivity contribution < 1.29 is 14.6 Å². The van der Waals surface area contributed by atoms with Crippen LogP contribution in [-0.4, -0.2) is 35.1 Å².